The van der Waals surface area contributed by atoms with Gasteiger partial charge in [0.1, 0.15) is 0 Å². The summed E-state index contributed by atoms with van der Waals surface area (Å²) >= 11 is 0. The molecule has 0 radical (unpaired) electrons. The summed E-state index contributed by atoms with van der Waals surface area (Å²) in [6.07, 6.45) is 1.80. The van der Waals surface area contributed by atoms with Crippen LogP contribution in [0.2, 0.25) is 0 Å². The van der Waals surface area contributed by atoms with Crippen LogP contribution in [0.5, 0.6) is 0 Å². The highest BCUT2D eigenvalue weighted by Crippen LogP contribution is 2.31. The number of aromatic nitrogens is 2. The molecule has 144 valence electrons. The number of nitrogens with zero attached hydrogens (tertiary/aromatic N) is 4. The second-order valence-corrected chi connectivity index (χ2v) is 8.38. The van der Waals surface area contributed by atoms with E-state index in [2.05, 4.69) is 65.7 Å². The fraction of sp³-hybridized carbons (Fsp3) is 0.524. The summed E-state index contributed by atoms with van der Waals surface area (Å²) in [7, 11) is 0. The van der Waals surface area contributed by atoms with Gasteiger partial charge >= 0.3 is 0 Å². The van der Waals surface area contributed by atoms with Crippen molar-refractivity contribution < 1.29 is 4.42 Å². The van der Waals surface area contributed by atoms with Crippen LogP contribution >= 0.6 is 0 Å². The van der Waals surface area contributed by atoms with Crippen molar-refractivity contribution in [3.8, 4) is 0 Å². The maximum absolute atomic E-state index is 6.17. The summed E-state index contributed by atoms with van der Waals surface area (Å²) in [5, 5.41) is 0.978. The molecule has 1 fully saturated rings. The SMILES string of the molecule is CCCc1nc2c(N)nc3cc(N4CCN(C(C)(C)C)CC4)ccc3c2o1. The van der Waals surface area contributed by atoms with Crippen LogP contribution < -0.4 is 10.6 Å². The van der Waals surface area contributed by atoms with E-state index < -0.39 is 0 Å². The molecule has 0 aliphatic carbocycles. The Morgan fingerprint density at radius 3 is 2.52 bits per heavy atom. The molecule has 0 unspecified atom stereocenters. The van der Waals surface area contributed by atoms with E-state index in [1.165, 1.54) is 5.69 Å². The van der Waals surface area contributed by atoms with Gasteiger partial charge in [-0.3, -0.25) is 4.90 Å². The lowest BCUT2D eigenvalue weighted by Crippen LogP contribution is -2.53. The van der Waals surface area contributed by atoms with E-state index in [0.29, 0.717) is 11.3 Å². The first-order valence-electron chi connectivity index (χ1n) is 9.85. The van der Waals surface area contributed by atoms with Gasteiger partial charge in [0, 0.05) is 49.2 Å². The van der Waals surface area contributed by atoms with Gasteiger partial charge in [-0.05, 0) is 45.4 Å². The van der Waals surface area contributed by atoms with Crippen LogP contribution in [0, 0.1) is 0 Å². The largest absolute Gasteiger partial charge is 0.440 e. The third-order valence-corrected chi connectivity index (χ3v) is 5.44. The number of hydrogen-bond donors (Lipinski definition) is 1. The van der Waals surface area contributed by atoms with Crippen molar-refractivity contribution >= 4 is 33.5 Å². The summed E-state index contributed by atoms with van der Waals surface area (Å²) in [5.74, 6) is 1.18. The highest BCUT2D eigenvalue weighted by atomic mass is 16.3. The fourth-order valence-corrected chi connectivity index (χ4v) is 3.86. The lowest BCUT2D eigenvalue weighted by Gasteiger charge is -2.43. The second kappa shape index (κ2) is 6.68. The van der Waals surface area contributed by atoms with Gasteiger partial charge in [-0.1, -0.05) is 6.92 Å². The average Bonchev–Trinajstić information content (AvgIpc) is 3.06. The number of piperazine rings is 1. The lowest BCUT2D eigenvalue weighted by molar-refractivity contribution is 0.128. The minimum Gasteiger partial charge on any atom is -0.440 e. The number of nitrogens with two attached hydrogens (primary N) is 1. The number of nitrogen functional groups attached to an aromatic ring is 1. The van der Waals surface area contributed by atoms with Gasteiger partial charge in [0.25, 0.3) is 0 Å². The average molecular weight is 367 g/mol. The van der Waals surface area contributed by atoms with Crippen molar-refractivity contribution in [3.05, 3.63) is 24.1 Å². The standard InChI is InChI=1S/C21H29N5O/c1-5-6-17-24-18-19(27-17)15-8-7-14(13-16(15)23-20(18)22)25-9-11-26(12-10-25)21(2,3)4/h7-8,13H,5-6,9-12H2,1-4H3,(H2,22,23). The molecule has 6 nitrogen and oxygen atoms in total. The normalized spacial score (nSPS) is 16.5. The van der Waals surface area contributed by atoms with Crippen molar-refractivity contribution in [2.75, 3.05) is 36.8 Å². The van der Waals surface area contributed by atoms with E-state index in [1.54, 1.807) is 0 Å². The van der Waals surface area contributed by atoms with Gasteiger partial charge in [-0.25, -0.2) is 9.97 Å². The topological polar surface area (TPSA) is 71.4 Å². The summed E-state index contributed by atoms with van der Waals surface area (Å²) in [6.45, 7) is 13.1. The Morgan fingerprint density at radius 2 is 1.85 bits per heavy atom. The number of hydrogen-bond acceptors (Lipinski definition) is 6. The Labute approximate surface area is 160 Å². The summed E-state index contributed by atoms with van der Waals surface area (Å²) in [5.41, 5.74) is 9.89. The number of anilines is 2. The van der Waals surface area contributed by atoms with E-state index in [9.17, 15) is 0 Å². The fourth-order valence-electron chi connectivity index (χ4n) is 3.86. The molecule has 4 rings (SSSR count). The number of aryl methyl sites for hydroxylation is 1. The number of oxazole rings is 1. The minimum absolute atomic E-state index is 0.222. The van der Waals surface area contributed by atoms with Crippen LogP contribution in [-0.4, -0.2) is 46.6 Å². The summed E-state index contributed by atoms with van der Waals surface area (Å²) < 4.78 is 5.99. The highest BCUT2D eigenvalue weighted by molar-refractivity contribution is 6.05. The first kappa shape index (κ1) is 18.0. The van der Waals surface area contributed by atoms with Crippen molar-refractivity contribution in [1.29, 1.82) is 0 Å². The second-order valence-electron chi connectivity index (χ2n) is 8.38. The molecule has 0 bridgehead atoms. The lowest BCUT2D eigenvalue weighted by atomic mass is 10.0. The molecule has 1 aromatic carbocycles. The quantitative estimate of drug-likeness (QED) is 0.758. The third kappa shape index (κ3) is 3.34. The monoisotopic (exact) mass is 367 g/mol. The van der Waals surface area contributed by atoms with Gasteiger partial charge in [0.05, 0.1) is 5.52 Å². The van der Waals surface area contributed by atoms with Gasteiger partial charge in [0.2, 0.25) is 0 Å². The number of benzene rings is 1. The van der Waals surface area contributed by atoms with Crippen molar-refractivity contribution in [3.63, 3.8) is 0 Å². The molecule has 0 amide bonds. The van der Waals surface area contributed by atoms with E-state index in [4.69, 9.17) is 10.2 Å². The highest BCUT2D eigenvalue weighted by Gasteiger charge is 2.26. The Morgan fingerprint density at radius 1 is 1.11 bits per heavy atom. The molecular formula is C21H29N5O. The van der Waals surface area contributed by atoms with Crippen LogP contribution in [0.15, 0.2) is 22.6 Å². The van der Waals surface area contributed by atoms with Gasteiger partial charge in [-0.2, -0.15) is 0 Å². The number of pyridine rings is 1. The molecule has 27 heavy (non-hydrogen) atoms. The third-order valence-electron chi connectivity index (χ3n) is 5.44. The van der Waals surface area contributed by atoms with Crippen molar-refractivity contribution in [1.82, 2.24) is 14.9 Å². The molecule has 6 heteroatoms. The molecule has 0 spiro atoms. The zero-order chi connectivity index (χ0) is 19.2. The molecule has 1 saturated heterocycles. The molecule has 3 aromatic rings. The molecule has 0 atom stereocenters. The summed E-state index contributed by atoms with van der Waals surface area (Å²) in [6, 6.07) is 6.38. The zero-order valence-electron chi connectivity index (χ0n) is 16.7. The molecule has 1 aliphatic rings. The van der Waals surface area contributed by atoms with E-state index in [-0.39, 0.29) is 5.54 Å². The number of rotatable bonds is 3. The molecule has 2 aromatic heterocycles. The number of fused-ring (bicyclic) bond motifs is 3. The molecule has 0 saturated carbocycles. The maximum Gasteiger partial charge on any atom is 0.195 e. The molecule has 2 N–H and O–H groups in total. The smallest absolute Gasteiger partial charge is 0.195 e. The van der Waals surface area contributed by atoms with Crippen LogP contribution in [0.3, 0.4) is 0 Å². The predicted molar refractivity (Wildman–Crippen MR) is 111 cm³/mol. The van der Waals surface area contributed by atoms with Crippen molar-refractivity contribution in [2.45, 2.75) is 46.1 Å². The van der Waals surface area contributed by atoms with E-state index in [0.717, 1.165) is 61.4 Å². The molecule has 1 aliphatic heterocycles. The van der Waals surface area contributed by atoms with Crippen LogP contribution in [0.25, 0.3) is 22.0 Å². The van der Waals surface area contributed by atoms with Gasteiger partial charge in [0.15, 0.2) is 22.8 Å². The van der Waals surface area contributed by atoms with Gasteiger partial charge in [-0.15, -0.1) is 0 Å². The van der Waals surface area contributed by atoms with E-state index >= 15 is 0 Å². The Hall–Kier alpha value is -2.34. The molecular weight excluding hydrogens is 338 g/mol. The van der Waals surface area contributed by atoms with Crippen LogP contribution in [0.1, 0.15) is 40.0 Å². The Bertz CT molecular complexity index is 964. The first-order chi connectivity index (χ1) is 12.9. The zero-order valence-corrected chi connectivity index (χ0v) is 16.7. The maximum atomic E-state index is 6.17. The Kier molecular flexibility index (Phi) is 4.46. The Balaban J connectivity index is 1.66. The van der Waals surface area contributed by atoms with Gasteiger partial charge < -0.3 is 15.1 Å². The first-order valence-corrected chi connectivity index (χ1v) is 9.85. The summed E-state index contributed by atoms with van der Waals surface area (Å²) in [4.78, 5) is 14.1. The van der Waals surface area contributed by atoms with Crippen LogP contribution in [-0.2, 0) is 6.42 Å². The van der Waals surface area contributed by atoms with E-state index in [1.807, 2.05) is 0 Å². The minimum atomic E-state index is 0.222. The predicted octanol–water partition coefficient (Wildman–Crippen LogP) is 3.83. The van der Waals surface area contributed by atoms with Crippen molar-refractivity contribution in [2.24, 2.45) is 0 Å². The van der Waals surface area contributed by atoms with Crippen LogP contribution in [0.4, 0.5) is 11.5 Å². The molecule has 3 heterocycles.